The van der Waals surface area contributed by atoms with Crippen LogP contribution in [-0.2, 0) is 16.0 Å². The topological polar surface area (TPSA) is 76.2 Å². The number of ether oxygens (including phenoxy) is 2. The van der Waals surface area contributed by atoms with Crippen LogP contribution in [0.25, 0.3) is 11.0 Å². The Labute approximate surface area is 222 Å². The number of hydrogen-bond acceptors (Lipinski definition) is 4. The van der Waals surface area contributed by atoms with Gasteiger partial charge in [0.25, 0.3) is 5.91 Å². The van der Waals surface area contributed by atoms with E-state index in [-0.39, 0.29) is 30.4 Å². The summed E-state index contributed by atoms with van der Waals surface area (Å²) in [6, 6.07) is 22.5. The first kappa shape index (κ1) is 25.9. The van der Waals surface area contributed by atoms with E-state index in [0.717, 1.165) is 34.4 Å². The van der Waals surface area contributed by atoms with E-state index >= 15 is 0 Å². The number of fused-ring (bicyclic) bond motifs is 1. The molecule has 1 saturated heterocycles. The Kier molecular flexibility index (Phi) is 8.03. The van der Waals surface area contributed by atoms with Gasteiger partial charge in [-0.05, 0) is 65.8 Å². The maximum absolute atomic E-state index is 13.8. The lowest BCUT2D eigenvalue weighted by Gasteiger charge is -2.39. The summed E-state index contributed by atoms with van der Waals surface area (Å²) >= 11 is 0. The van der Waals surface area contributed by atoms with Crippen LogP contribution in [0.4, 0.5) is 4.39 Å². The quantitative estimate of drug-likeness (QED) is 0.289. The Bertz CT molecular complexity index is 1340. The lowest BCUT2D eigenvalue weighted by Crippen LogP contribution is -2.31. The zero-order valence-electron chi connectivity index (χ0n) is 21.8. The maximum Gasteiger partial charge on any atom is 0.257 e. The fraction of sp³-hybridized carbons (Fsp3) is 0.355. The minimum Gasteiger partial charge on any atom is -0.484 e. The first-order valence-electron chi connectivity index (χ1n) is 13.3. The largest absolute Gasteiger partial charge is 0.484 e. The van der Waals surface area contributed by atoms with Crippen molar-refractivity contribution in [1.29, 1.82) is 0 Å². The van der Waals surface area contributed by atoms with Gasteiger partial charge in [-0.3, -0.25) is 4.79 Å². The Balaban J connectivity index is 1.11. The molecule has 5 rings (SSSR count). The van der Waals surface area contributed by atoms with E-state index in [2.05, 4.69) is 29.1 Å². The molecule has 0 unspecified atom stereocenters. The first-order chi connectivity index (χ1) is 18.5. The zero-order chi connectivity index (χ0) is 26.5. The number of H-pyrrole nitrogens is 1. The first-order valence-corrected chi connectivity index (χ1v) is 13.3. The molecule has 2 N–H and O–H groups in total. The third kappa shape index (κ3) is 6.22. The second kappa shape index (κ2) is 11.8. The second-order valence-electron chi connectivity index (χ2n) is 10.3. The summed E-state index contributed by atoms with van der Waals surface area (Å²) in [6.07, 6.45) is 1.53. The number of benzene rings is 3. The molecule has 0 saturated carbocycles. The van der Waals surface area contributed by atoms with Gasteiger partial charge in [0.1, 0.15) is 17.4 Å². The molecule has 3 atom stereocenters. The van der Waals surface area contributed by atoms with E-state index in [1.165, 1.54) is 6.07 Å². The Morgan fingerprint density at radius 1 is 1.11 bits per heavy atom. The maximum atomic E-state index is 13.8. The molecule has 0 spiro atoms. The van der Waals surface area contributed by atoms with Gasteiger partial charge in [0.15, 0.2) is 6.61 Å². The van der Waals surface area contributed by atoms with Gasteiger partial charge >= 0.3 is 0 Å². The lowest BCUT2D eigenvalue weighted by molar-refractivity contribution is -0.123. The molecule has 0 bridgehead atoms. The monoisotopic (exact) mass is 515 g/mol. The molecule has 4 aromatic rings. The molecular formula is C31H34FN3O3. The number of halogens is 1. The third-order valence-corrected chi connectivity index (χ3v) is 7.30. The van der Waals surface area contributed by atoms with Crippen LogP contribution in [0.2, 0.25) is 0 Å². The number of imidazole rings is 1. The molecule has 1 amide bonds. The average molecular weight is 516 g/mol. The number of carbonyl (C=O) groups excluding carboxylic acids is 1. The van der Waals surface area contributed by atoms with Crippen LogP contribution in [-0.4, -0.2) is 35.6 Å². The molecule has 0 aliphatic carbocycles. The summed E-state index contributed by atoms with van der Waals surface area (Å²) in [4.78, 5) is 20.1. The number of rotatable bonds is 9. The van der Waals surface area contributed by atoms with E-state index in [9.17, 15) is 9.18 Å². The van der Waals surface area contributed by atoms with Crippen LogP contribution in [0.1, 0.15) is 49.2 Å². The van der Waals surface area contributed by atoms with Crippen LogP contribution >= 0.6 is 0 Å². The van der Waals surface area contributed by atoms with Crippen LogP contribution in [0, 0.1) is 17.7 Å². The summed E-state index contributed by atoms with van der Waals surface area (Å²) in [7, 11) is 0. The zero-order valence-corrected chi connectivity index (χ0v) is 21.8. The third-order valence-electron chi connectivity index (χ3n) is 7.30. The van der Waals surface area contributed by atoms with E-state index in [1.54, 1.807) is 12.1 Å². The summed E-state index contributed by atoms with van der Waals surface area (Å²) in [5.74, 6) is 2.00. The minimum atomic E-state index is -0.207. The molecule has 38 heavy (non-hydrogen) atoms. The predicted octanol–water partition coefficient (Wildman–Crippen LogP) is 5.96. The number of nitrogens with one attached hydrogen (secondary N) is 2. The minimum absolute atomic E-state index is 0.0320. The molecule has 1 aliphatic rings. The highest BCUT2D eigenvalue weighted by Gasteiger charge is 2.35. The van der Waals surface area contributed by atoms with Crippen molar-refractivity contribution in [3.63, 3.8) is 0 Å². The van der Waals surface area contributed by atoms with Crippen molar-refractivity contribution in [2.45, 2.75) is 38.7 Å². The van der Waals surface area contributed by atoms with Crippen molar-refractivity contribution in [3.8, 4) is 5.75 Å². The van der Waals surface area contributed by atoms with E-state index in [1.807, 2.05) is 54.6 Å². The van der Waals surface area contributed by atoms with Crippen LogP contribution in [0.15, 0.2) is 72.8 Å². The van der Waals surface area contributed by atoms with Gasteiger partial charge in [-0.25, -0.2) is 9.37 Å². The molecule has 3 aromatic carbocycles. The Hall–Kier alpha value is -3.71. The summed E-state index contributed by atoms with van der Waals surface area (Å²) in [5.41, 5.74) is 3.99. The van der Waals surface area contributed by atoms with Crippen molar-refractivity contribution in [2.24, 2.45) is 11.8 Å². The molecule has 1 aliphatic heterocycles. The average Bonchev–Trinajstić information content (AvgIpc) is 3.35. The van der Waals surface area contributed by atoms with Crippen LogP contribution in [0.5, 0.6) is 5.75 Å². The van der Waals surface area contributed by atoms with Gasteiger partial charge in [-0.2, -0.15) is 0 Å². The SMILES string of the molecule is CC(C)[C@@H]1C[C@H](c2cccc(F)c2)CO[C@H]1c1ccc(OCC(=O)NCCc2nc3ccccc3[nH]2)cc1. The van der Waals surface area contributed by atoms with Gasteiger partial charge in [0.2, 0.25) is 0 Å². The highest BCUT2D eigenvalue weighted by Crippen LogP contribution is 2.43. The molecule has 198 valence electrons. The van der Waals surface area contributed by atoms with Crippen molar-refractivity contribution >= 4 is 16.9 Å². The Morgan fingerprint density at radius 3 is 2.68 bits per heavy atom. The lowest BCUT2D eigenvalue weighted by atomic mass is 9.76. The van der Waals surface area contributed by atoms with Gasteiger partial charge < -0.3 is 19.8 Å². The number of hydrogen-bond donors (Lipinski definition) is 2. The van der Waals surface area contributed by atoms with E-state index in [4.69, 9.17) is 9.47 Å². The number of para-hydroxylation sites is 2. The van der Waals surface area contributed by atoms with Crippen LogP contribution < -0.4 is 10.1 Å². The van der Waals surface area contributed by atoms with Crippen molar-refractivity contribution in [1.82, 2.24) is 15.3 Å². The fourth-order valence-electron chi connectivity index (χ4n) is 5.22. The van der Waals surface area contributed by atoms with Crippen LogP contribution in [0.3, 0.4) is 0 Å². The summed E-state index contributed by atoms with van der Waals surface area (Å²) in [5, 5.41) is 2.88. The molecule has 1 fully saturated rings. The number of nitrogens with zero attached hydrogens (tertiary/aromatic N) is 1. The summed E-state index contributed by atoms with van der Waals surface area (Å²) < 4.78 is 25.8. The normalized spacial score (nSPS) is 19.5. The number of aromatic nitrogens is 2. The number of amides is 1. The van der Waals surface area contributed by atoms with E-state index in [0.29, 0.717) is 37.2 Å². The molecule has 6 nitrogen and oxygen atoms in total. The highest BCUT2D eigenvalue weighted by atomic mass is 19.1. The molecule has 1 aromatic heterocycles. The number of aromatic amines is 1. The van der Waals surface area contributed by atoms with Gasteiger partial charge in [-0.15, -0.1) is 0 Å². The fourth-order valence-corrected chi connectivity index (χ4v) is 5.22. The second-order valence-corrected chi connectivity index (χ2v) is 10.3. The Morgan fingerprint density at radius 2 is 1.92 bits per heavy atom. The highest BCUT2D eigenvalue weighted by molar-refractivity contribution is 5.77. The number of carbonyl (C=O) groups is 1. The van der Waals surface area contributed by atoms with Gasteiger partial charge in [0, 0.05) is 18.9 Å². The molecular weight excluding hydrogens is 481 g/mol. The molecule has 7 heteroatoms. The standard InChI is InChI=1S/C31H34FN3O3/c1-20(2)26-17-23(22-6-5-7-24(32)16-22)18-38-31(26)21-10-12-25(13-11-21)37-19-30(36)33-15-14-29-34-27-8-3-4-9-28(27)35-29/h3-13,16,20,23,26,31H,14-15,17-19H2,1-2H3,(H,33,36)(H,34,35)/t23-,26-,31-/m0/s1. The molecule has 0 radical (unpaired) electrons. The van der Waals surface area contributed by atoms with Gasteiger partial charge in [0.05, 0.1) is 23.7 Å². The van der Waals surface area contributed by atoms with E-state index < -0.39 is 0 Å². The van der Waals surface area contributed by atoms with Crippen molar-refractivity contribution < 1.29 is 18.7 Å². The van der Waals surface area contributed by atoms with Crippen molar-refractivity contribution in [3.05, 3.63) is 95.6 Å². The molecule has 2 heterocycles. The van der Waals surface area contributed by atoms with Gasteiger partial charge in [-0.1, -0.05) is 50.2 Å². The summed E-state index contributed by atoms with van der Waals surface area (Å²) in [6.45, 7) is 5.40. The van der Waals surface area contributed by atoms with Crippen molar-refractivity contribution in [2.75, 3.05) is 19.8 Å². The smallest absolute Gasteiger partial charge is 0.257 e. The predicted molar refractivity (Wildman–Crippen MR) is 146 cm³/mol.